The number of aliphatic hydroxyl groups is 1. The first-order chi connectivity index (χ1) is 10.4. The van der Waals surface area contributed by atoms with Crippen LogP contribution in [0.4, 0.5) is 4.39 Å². The largest absolute Gasteiger partial charge is 0.393 e. The van der Waals surface area contributed by atoms with Gasteiger partial charge in [-0.25, -0.2) is 4.39 Å². The fourth-order valence-electron chi connectivity index (χ4n) is 7.24. The van der Waals surface area contributed by atoms with Crippen LogP contribution in [0.1, 0.15) is 65.2 Å². The summed E-state index contributed by atoms with van der Waals surface area (Å²) in [7, 11) is 0. The van der Waals surface area contributed by atoms with Gasteiger partial charge in [0.25, 0.3) is 0 Å². The van der Waals surface area contributed by atoms with Crippen molar-refractivity contribution < 1.29 is 9.50 Å². The second-order valence-electron chi connectivity index (χ2n) is 9.41. The summed E-state index contributed by atoms with van der Waals surface area (Å²) >= 11 is 0. The van der Waals surface area contributed by atoms with Crippen molar-refractivity contribution >= 4 is 0 Å². The van der Waals surface area contributed by atoms with Gasteiger partial charge < -0.3 is 10.8 Å². The molecule has 9 atom stereocenters. The molecule has 0 heterocycles. The van der Waals surface area contributed by atoms with Crippen molar-refractivity contribution in [2.75, 3.05) is 0 Å². The lowest BCUT2D eigenvalue weighted by Gasteiger charge is -2.60. The summed E-state index contributed by atoms with van der Waals surface area (Å²) in [5, 5.41) is 10.1. The Kier molecular flexibility index (Phi) is 3.44. The Morgan fingerprint density at radius 1 is 0.955 bits per heavy atom. The molecule has 3 N–H and O–H groups in total. The molecule has 0 amide bonds. The molecule has 0 bridgehead atoms. The Morgan fingerprint density at radius 3 is 2.45 bits per heavy atom. The Morgan fingerprint density at radius 2 is 1.68 bits per heavy atom. The van der Waals surface area contributed by atoms with Gasteiger partial charge in [-0.05, 0) is 85.9 Å². The molecule has 0 spiro atoms. The number of fused-ring (bicyclic) bond motifs is 5. The van der Waals surface area contributed by atoms with E-state index in [0.29, 0.717) is 29.6 Å². The first-order valence-corrected chi connectivity index (χ1v) is 9.44. The van der Waals surface area contributed by atoms with Crippen molar-refractivity contribution in [1.82, 2.24) is 0 Å². The van der Waals surface area contributed by atoms with Crippen LogP contribution in [0.25, 0.3) is 0 Å². The van der Waals surface area contributed by atoms with Crippen molar-refractivity contribution in [1.29, 1.82) is 0 Å². The van der Waals surface area contributed by atoms with Crippen LogP contribution in [0.5, 0.6) is 0 Å². The SMILES string of the molecule is C[C@]12CC[C@H]3[C@@H](CCC4C[C@@H](O)CC[C@@]43C)[C@@H]1C[C@H](F)[C@@H]2N. The minimum Gasteiger partial charge on any atom is -0.393 e. The molecule has 22 heavy (non-hydrogen) atoms. The number of alkyl halides is 1. The lowest BCUT2D eigenvalue weighted by atomic mass is 9.45. The van der Waals surface area contributed by atoms with Crippen LogP contribution in [0.2, 0.25) is 0 Å². The van der Waals surface area contributed by atoms with Gasteiger partial charge in [0.05, 0.1) is 6.10 Å². The zero-order valence-electron chi connectivity index (χ0n) is 14.1. The van der Waals surface area contributed by atoms with Crippen molar-refractivity contribution in [3.05, 3.63) is 0 Å². The van der Waals surface area contributed by atoms with Gasteiger partial charge in [-0.15, -0.1) is 0 Å². The van der Waals surface area contributed by atoms with Crippen molar-refractivity contribution in [2.24, 2.45) is 40.2 Å². The third kappa shape index (κ3) is 1.90. The molecule has 4 saturated carbocycles. The van der Waals surface area contributed by atoms with E-state index in [1.165, 1.54) is 19.3 Å². The molecule has 0 radical (unpaired) electrons. The molecule has 4 fully saturated rings. The first-order valence-electron chi connectivity index (χ1n) is 9.44. The lowest BCUT2D eigenvalue weighted by Crippen LogP contribution is -2.55. The molecular weight excluding hydrogens is 277 g/mol. The van der Waals surface area contributed by atoms with Crippen LogP contribution in [0, 0.1) is 34.5 Å². The van der Waals surface area contributed by atoms with E-state index in [0.717, 1.165) is 31.6 Å². The number of aliphatic hydroxyl groups excluding tert-OH is 1. The van der Waals surface area contributed by atoms with E-state index in [1.807, 2.05) is 0 Å². The molecular formula is C19H32FNO. The highest BCUT2D eigenvalue weighted by atomic mass is 19.1. The Bertz CT molecular complexity index is 457. The van der Waals surface area contributed by atoms with E-state index in [-0.39, 0.29) is 17.6 Å². The third-order valence-electron chi connectivity index (χ3n) is 8.71. The summed E-state index contributed by atoms with van der Waals surface area (Å²) in [4.78, 5) is 0. The molecule has 0 aromatic rings. The minimum atomic E-state index is -0.799. The molecule has 1 unspecified atom stereocenters. The third-order valence-corrected chi connectivity index (χ3v) is 8.71. The summed E-state index contributed by atoms with van der Waals surface area (Å²) in [6, 6.07) is -0.253. The normalized spacial score (nSPS) is 61.2. The molecule has 0 aromatic carbocycles. The standard InChI is InChI=1S/C19H32FNO/c1-18-7-5-12(22)9-11(18)3-4-13-14(18)6-8-19(2)15(13)10-16(20)17(19)21/h11-17,22H,3-10,21H2,1-2H3/t11?,12-,13+,14-,15-,16-,17-,18-,19-/m0/s1. The highest BCUT2D eigenvalue weighted by molar-refractivity contribution is 5.12. The van der Waals surface area contributed by atoms with E-state index >= 15 is 0 Å². The highest BCUT2D eigenvalue weighted by Gasteiger charge is 2.61. The van der Waals surface area contributed by atoms with Gasteiger partial charge in [-0.2, -0.15) is 0 Å². The lowest BCUT2D eigenvalue weighted by molar-refractivity contribution is -0.122. The second kappa shape index (κ2) is 4.92. The van der Waals surface area contributed by atoms with E-state index in [9.17, 15) is 9.50 Å². The summed E-state index contributed by atoms with van der Waals surface area (Å²) in [6.07, 6.45) is 7.72. The highest BCUT2D eigenvalue weighted by Crippen LogP contribution is 2.66. The van der Waals surface area contributed by atoms with E-state index in [2.05, 4.69) is 13.8 Å². The van der Waals surface area contributed by atoms with Gasteiger partial charge >= 0.3 is 0 Å². The predicted molar refractivity (Wildman–Crippen MR) is 86.0 cm³/mol. The van der Waals surface area contributed by atoms with Crippen molar-refractivity contribution in [3.63, 3.8) is 0 Å². The smallest absolute Gasteiger partial charge is 0.116 e. The first kappa shape index (κ1) is 15.4. The number of hydrogen-bond acceptors (Lipinski definition) is 2. The van der Waals surface area contributed by atoms with Crippen LogP contribution >= 0.6 is 0 Å². The van der Waals surface area contributed by atoms with Crippen molar-refractivity contribution in [2.45, 2.75) is 83.5 Å². The summed E-state index contributed by atoms with van der Waals surface area (Å²) < 4.78 is 14.3. The van der Waals surface area contributed by atoms with Gasteiger partial charge in [0.2, 0.25) is 0 Å². The molecule has 126 valence electrons. The van der Waals surface area contributed by atoms with Gasteiger partial charge in [0.1, 0.15) is 6.17 Å². The average Bonchev–Trinajstić information content (AvgIpc) is 2.72. The summed E-state index contributed by atoms with van der Waals surface area (Å²) in [6.45, 7) is 4.74. The van der Waals surface area contributed by atoms with Crippen LogP contribution in [0.3, 0.4) is 0 Å². The molecule has 0 saturated heterocycles. The average molecular weight is 309 g/mol. The van der Waals surface area contributed by atoms with Crippen LogP contribution < -0.4 is 5.73 Å². The molecule has 4 aliphatic rings. The van der Waals surface area contributed by atoms with Gasteiger partial charge in [-0.1, -0.05) is 13.8 Å². The zero-order valence-corrected chi connectivity index (χ0v) is 14.1. The molecule has 4 aliphatic carbocycles. The van der Waals surface area contributed by atoms with Crippen molar-refractivity contribution in [3.8, 4) is 0 Å². The number of halogens is 1. The maximum Gasteiger partial charge on any atom is 0.116 e. The number of nitrogens with two attached hydrogens (primary N) is 1. The second-order valence-corrected chi connectivity index (χ2v) is 9.41. The fraction of sp³-hybridized carbons (Fsp3) is 1.00. The Balaban J connectivity index is 1.63. The number of hydrogen-bond donors (Lipinski definition) is 2. The Hall–Kier alpha value is -0.150. The fourth-order valence-corrected chi connectivity index (χ4v) is 7.24. The molecule has 0 aliphatic heterocycles. The Labute approximate surface area is 134 Å². The topological polar surface area (TPSA) is 46.2 Å². The monoisotopic (exact) mass is 309 g/mol. The zero-order chi connectivity index (χ0) is 15.7. The van der Waals surface area contributed by atoms with E-state index < -0.39 is 6.17 Å². The summed E-state index contributed by atoms with van der Waals surface area (Å²) in [5.74, 6) is 2.57. The number of rotatable bonds is 0. The minimum absolute atomic E-state index is 0.0258. The van der Waals surface area contributed by atoms with E-state index in [1.54, 1.807) is 0 Å². The van der Waals surface area contributed by atoms with Gasteiger partial charge in [0, 0.05) is 6.04 Å². The molecule has 0 aromatic heterocycles. The van der Waals surface area contributed by atoms with Crippen LogP contribution in [-0.4, -0.2) is 23.4 Å². The van der Waals surface area contributed by atoms with Crippen LogP contribution in [0.15, 0.2) is 0 Å². The maximum absolute atomic E-state index is 14.3. The molecule has 3 heteroatoms. The van der Waals surface area contributed by atoms with Gasteiger partial charge in [0.15, 0.2) is 0 Å². The summed E-state index contributed by atoms with van der Waals surface area (Å²) in [5.41, 5.74) is 6.67. The quantitative estimate of drug-likeness (QED) is 0.717. The molecule has 2 nitrogen and oxygen atoms in total. The van der Waals surface area contributed by atoms with E-state index in [4.69, 9.17) is 5.73 Å². The van der Waals surface area contributed by atoms with Gasteiger partial charge in [-0.3, -0.25) is 0 Å². The van der Waals surface area contributed by atoms with Crippen LogP contribution in [-0.2, 0) is 0 Å². The predicted octanol–water partition coefficient (Wildman–Crippen LogP) is 3.67. The maximum atomic E-state index is 14.3. The molecule has 4 rings (SSSR count).